The quantitative estimate of drug-likeness (QED) is 0.502. The standard InChI is InChI=1S/C19H21F3N6O/c1-10(2)16(18(29)27-9-19(20,21)22)28-13-3-11(5-24-7-13)15-8-26-17-14(15)4-12(23)6-25-17/h3-8,10,16,28H,9,23H2,1-2H3,(H,25,26)(H,27,29). The summed E-state index contributed by atoms with van der Waals surface area (Å²) in [6.45, 7) is 2.12. The van der Waals surface area contributed by atoms with Crippen molar-refractivity contribution in [1.29, 1.82) is 0 Å². The lowest BCUT2D eigenvalue weighted by Crippen LogP contribution is -2.46. The lowest BCUT2D eigenvalue weighted by Gasteiger charge is -2.23. The van der Waals surface area contributed by atoms with E-state index in [-0.39, 0.29) is 5.92 Å². The van der Waals surface area contributed by atoms with E-state index in [9.17, 15) is 18.0 Å². The number of aromatic nitrogens is 3. The first kappa shape index (κ1) is 20.4. The van der Waals surface area contributed by atoms with E-state index < -0.39 is 24.7 Å². The summed E-state index contributed by atoms with van der Waals surface area (Å²) >= 11 is 0. The maximum absolute atomic E-state index is 12.4. The van der Waals surface area contributed by atoms with Crippen LogP contribution in [-0.2, 0) is 4.79 Å². The van der Waals surface area contributed by atoms with E-state index in [4.69, 9.17) is 5.73 Å². The van der Waals surface area contributed by atoms with Gasteiger partial charge in [-0.15, -0.1) is 0 Å². The van der Waals surface area contributed by atoms with Crippen molar-refractivity contribution >= 4 is 28.3 Å². The average molecular weight is 406 g/mol. The van der Waals surface area contributed by atoms with E-state index in [0.717, 1.165) is 16.5 Å². The molecule has 3 heterocycles. The van der Waals surface area contributed by atoms with Crippen LogP contribution in [0.2, 0.25) is 0 Å². The Labute approximate surface area is 164 Å². The van der Waals surface area contributed by atoms with Crippen LogP contribution in [0.1, 0.15) is 13.8 Å². The lowest BCUT2D eigenvalue weighted by molar-refractivity contribution is -0.139. The number of H-pyrrole nitrogens is 1. The molecule has 0 aliphatic heterocycles. The van der Waals surface area contributed by atoms with Gasteiger partial charge in [0.1, 0.15) is 18.2 Å². The largest absolute Gasteiger partial charge is 0.405 e. The Hall–Kier alpha value is -3.30. The highest BCUT2D eigenvalue weighted by Gasteiger charge is 2.30. The molecule has 7 nitrogen and oxygen atoms in total. The Morgan fingerprint density at radius 3 is 2.69 bits per heavy atom. The molecule has 3 rings (SSSR count). The number of nitrogens with zero attached hydrogens (tertiary/aromatic N) is 2. The zero-order valence-corrected chi connectivity index (χ0v) is 15.8. The Morgan fingerprint density at radius 2 is 2.00 bits per heavy atom. The van der Waals surface area contributed by atoms with Crippen LogP contribution >= 0.6 is 0 Å². The molecule has 1 unspecified atom stereocenters. The molecule has 0 radical (unpaired) electrons. The van der Waals surface area contributed by atoms with Crippen LogP contribution in [0.25, 0.3) is 22.2 Å². The lowest BCUT2D eigenvalue weighted by atomic mass is 10.0. The predicted octanol–water partition coefficient (Wildman–Crippen LogP) is 3.32. The first-order chi connectivity index (χ1) is 13.6. The summed E-state index contributed by atoms with van der Waals surface area (Å²) in [6, 6.07) is 2.70. The highest BCUT2D eigenvalue weighted by molar-refractivity contribution is 5.95. The molecule has 29 heavy (non-hydrogen) atoms. The van der Waals surface area contributed by atoms with Gasteiger partial charge in [0.05, 0.1) is 17.6 Å². The molecule has 3 aromatic heterocycles. The average Bonchev–Trinajstić information content (AvgIpc) is 3.06. The fourth-order valence-corrected chi connectivity index (χ4v) is 2.94. The van der Waals surface area contributed by atoms with Crippen molar-refractivity contribution in [3.63, 3.8) is 0 Å². The molecule has 0 aromatic carbocycles. The van der Waals surface area contributed by atoms with E-state index in [1.807, 2.05) is 5.32 Å². The Bertz CT molecular complexity index is 1010. The van der Waals surface area contributed by atoms with Crippen LogP contribution < -0.4 is 16.4 Å². The van der Waals surface area contributed by atoms with Gasteiger partial charge in [-0.3, -0.25) is 9.78 Å². The Kier molecular flexibility index (Phi) is 5.62. The Morgan fingerprint density at radius 1 is 1.24 bits per heavy atom. The van der Waals surface area contributed by atoms with Crippen LogP contribution in [0.3, 0.4) is 0 Å². The monoisotopic (exact) mass is 406 g/mol. The van der Waals surface area contributed by atoms with E-state index in [1.54, 1.807) is 44.6 Å². The molecule has 10 heteroatoms. The Balaban J connectivity index is 1.84. The summed E-state index contributed by atoms with van der Waals surface area (Å²) in [5, 5.41) is 5.72. The number of aromatic amines is 1. The van der Waals surface area contributed by atoms with Gasteiger partial charge in [-0.1, -0.05) is 13.8 Å². The molecular formula is C19H21F3N6O. The summed E-state index contributed by atoms with van der Waals surface area (Å²) in [6.07, 6.45) is 2.01. The third kappa shape index (κ3) is 4.95. The summed E-state index contributed by atoms with van der Waals surface area (Å²) in [5.41, 5.74) is 9.07. The second-order valence-electron chi connectivity index (χ2n) is 7.03. The number of amides is 1. The summed E-state index contributed by atoms with van der Waals surface area (Å²) in [7, 11) is 0. The fraction of sp³-hybridized carbons (Fsp3) is 0.316. The van der Waals surface area contributed by atoms with E-state index in [2.05, 4.69) is 20.3 Å². The van der Waals surface area contributed by atoms with E-state index in [0.29, 0.717) is 17.0 Å². The van der Waals surface area contributed by atoms with Crippen molar-refractivity contribution in [2.45, 2.75) is 26.1 Å². The molecule has 0 spiro atoms. The predicted molar refractivity (Wildman–Crippen MR) is 105 cm³/mol. The van der Waals surface area contributed by atoms with Crippen molar-refractivity contribution in [2.75, 3.05) is 17.6 Å². The van der Waals surface area contributed by atoms with Gasteiger partial charge in [0.2, 0.25) is 5.91 Å². The maximum atomic E-state index is 12.4. The molecule has 154 valence electrons. The molecule has 0 saturated carbocycles. The van der Waals surface area contributed by atoms with Crippen molar-refractivity contribution in [3.05, 3.63) is 36.9 Å². The number of nitrogen functional groups attached to an aromatic ring is 1. The number of carbonyl (C=O) groups is 1. The summed E-state index contributed by atoms with van der Waals surface area (Å²) in [5.74, 6) is -0.976. The maximum Gasteiger partial charge on any atom is 0.405 e. The number of rotatable bonds is 6. The number of nitrogens with one attached hydrogen (secondary N) is 3. The normalized spacial score (nSPS) is 12.9. The molecule has 0 aliphatic carbocycles. The number of anilines is 2. The van der Waals surface area contributed by atoms with Crippen LogP contribution in [0.5, 0.6) is 0 Å². The van der Waals surface area contributed by atoms with Crippen molar-refractivity contribution in [1.82, 2.24) is 20.3 Å². The molecule has 0 aliphatic rings. The second kappa shape index (κ2) is 7.98. The van der Waals surface area contributed by atoms with Gasteiger partial charge in [-0.2, -0.15) is 13.2 Å². The van der Waals surface area contributed by atoms with E-state index >= 15 is 0 Å². The van der Waals surface area contributed by atoms with Crippen molar-refractivity contribution < 1.29 is 18.0 Å². The van der Waals surface area contributed by atoms with Crippen molar-refractivity contribution in [2.24, 2.45) is 5.92 Å². The molecule has 0 fully saturated rings. The summed E-state index contributed by atoms with van der Waals surface area (Å²) < 4.78 is 37.2. The van der Waals surface area contributed by atoms with Crippen molar-refractivity contribution in [3.8, 4) is 11.1 Å². The van der Waals surface area contributed by atoms with Gasteiger partial charge in [0.15, 0.2) is 0 Å². The number of hydrogen-bond acceptors (Lipinski definition) is 5. The van der Waals surface area contributed by atoms with Crippen LogP contribution in [0.4, 0.5) is 24.5 Å². The smallest absolute Gasteiger partial charge is 0.397 e. The third-order valence-electron chi connectivity index (χ3n) is 4.34. The fourth-order valence-electron chi connectivity index (χ4n) is 2.94. The zero-order valence-electron chi connectivity index (χ0n) is 15.8. The molecule has 0 saturated heterocycles. The number of hydrogen-bond donors (Lipinski definition) is 4. The SMILES string of the molecule is CC(C)C(Nc1cncc(-c2c[nH]c3ncc(N)cc23)c1)C(=O)NCC(F)(F)F. The van der Waals surface area contributed by atoms with Crippen LogP contribution in [0, 0.1) is 5.92 Å². The van der Waals surface area contributed by atoms with E-state index in [1.165, 1.54) is 6.20 Å². The van der Waals surface area contributed by atoms with Gasteiger partial charge >= 0.3 is 6.18 Å². The first-order valence-corrected chi connectivity index (χ1v) is 8.93. The highest BCUT2D eigenvalue weighted by Crippen LogP contribution is 2.30. The molecule has 5 N–H and O–H groups in total. The number of alkyl halides is 3. The van der Waals surface area contributed by atoms with Gasteiger partial charge in [-0.05, 0) is 18.1 Å². The number of carbonyl (C=O) groups excluding carboxylic acids is 1. The minimum atomic E-state index is -4.47. The minimum Gasteiger partial charge on any atom is -0.397 e. The zero-order chi connectivity index (χ0) is 21.2. The highest BCUT2D eigenvalue weighted by atomic mass is 19.4. The topological polar surface area (TPSA) is 109 Å². The molecule has 1 amide bonds. The molecular weight excluding hydrogens is 385 g/mol. The number of fused-ring (bicyclic) bond motifs is 1. The summed E-state index contributed by atoms with van der Waals surface area (Å²) in [4.78, 5) is 23.7. The van der Waals surface area contributed by atoms with Gasteiger partial charge < -0.3 is 21.4 Å². The third-order valence-corrected chi connectivity index (χ3v) is 4.34. The second-order valence-corrected chi connectivity index (χ2v) is 7.03. The molecule has 3 aromatic rings. The molecule has 1 atom stereocenters. The van der Waals surface area contributed by atoms with Gasteiger partial charge in [0.25, 0.3) is 0 Å². The van der Waals surface area contributed by atoms with Gasteiger partial charge in [-0.25, -0.2) is 4.98 Å². The number of nitrogens with two attached hydrogens (primary N) is 1. The number of halogens is 3. The van der Waals surface area contributed by atoms with Gasteiger partial charge in [0, 0.05) is 35.1 Å². The minimum absolute atomic E-state index is 0.246. The number of pyridine rings is 2. The van der Waals surface area contributed by atoms with Crippen LogP contribution in [0.15, 0.2) is 36.9 Å². The molecule has 0 bridgehead atoms. The van der Waals surface area contributed by atoms with Crippen LogP contribution in [-0.4, -0.2) is 39.6 Å². The first-order valence-electron chi connectivity index (χ1n) is 8.93.